The van der Waals surface area contributed by atoms with Gasteiger partial charge in [-0.2, -0.15) is 0 Å². The summed E-state index contributed by atoms with van der Waals surface area (Å²) in [6.07, 6.45) is 3.97. The summed E-state index contributed by atoms with van der Waals surface area (Å²) in [6, 6.07) is 0. The van der Waals surface area contributed by atoms with Crippen LogP contribution in [0.2, 0.25) is 0 Å². The number of hydrogen-bond acceptors (Lipinski definition) is 3. The standard InChI is InChI=1S/C12H20O4/c1-2-15-7-9-6-10(12(13)14)11(16-9)8-4-3-5-8/h8-11H,2-7H2,1H3,(H,13,14). The molecule has 0 spiro atoms. The van der Waals surface area contributed by atoms with Gasteiger partial charge in [-0.3, -0.25) is 4.79 Å². The Morgan fingerprint density at radius 2 is 2.25 bits per heavy atom. The van der Waals surface area contributed by atoms with E-state index >= 15 is 0 Å². The molecule has 2 fully saturated rings. The summed E-state index contributed by atoms with van der Waals surface area (Å²) in [7, 11) is 0. The summed E-state index contributed by atoms with van der Waals surface area (Å²) >= 11 is 0. The molecule has 0 radical (unpaired) electrons. The smallest absolute Gasteiger partial charge is 0.309 e. The first-order valence-electron chi connectivity index (χ1n) is 6.18. The molecule has 1 heterocycles. The third kappa shape index (κ3) is 2.38. The van der Waals surface area contributed by atoms with Gasteiger partial charge >= 0.3 is 5.97 Å². The van der Waals surface area contributed by atoms with Crippen LogP contribution in [0.15, 0.2) is 0 Å². The molecule has 1 aliphatic heterocycles. The van der Waals surface area contributed by atoms with E-state index in [1.807, 2.05) is 6.92 Å². The molecule has 2 rings (SSSR count). The molecule has 3 unspecified atom stereocenters. The van der Waals surface area contributed by atoms with E-state index in [2.05, 4.69) is 0 Å². The lowest BCUT2D eigenvalue weighted by Crippen LogP contribution is -2.35. The van der Waals surface area contributed by atoms with Crippen molar-refractivity contribution in [1.82, 2.24) is 0 Å². The number of carboxylic acid groups (broad SMARTS) is 1. The first-order valence-corrected chi connectivity index (χ1v) is 6.18. The minimum absolute atomic E-state index is 0.0216. The lowest BCUT2D eigenvalue weighted by Gasteiger charge is -2.32. The second kappa shape index (κ2) is 5.15. The van der Waals surface area contributed by atoms with Crippen molar-refractivity contribution in [2.45, 2.75) is 44.8 Å². The predicted octanol–water partition coefficient (Wildman–Crippen LogP) is 1.68. The van der Waals surface area contributed by atoms with Crippen LogP contribution in [-0.4, -0.2) is 36.5 Å². The number of aliphatic carboxylic acids is 1. The fraction of sp³-hybridized carbons (Fsp3) is 0.917. The molecule has 0 aromatic carbocycles. The van der Waals surface area contributed by atoms with Gasteiger partial charge in [0.15, 0.2) is 0 Å². The highest BCUT2D eigenvalue weighted by atomic mass is 16.5. The Labute approximate surface area is 95.9 Å². The van der Waals surface area contributed by atoms with Crippen molar-refractivity contribution in [2.24, 2.45) is 11.8 Å². The summed E-state index contributed by atoms with van der Waals surface area (Å²) in [5.41, 5.74) is 0. The zero-order valence-corrected chi connectivity index (χ0v) is 9.72. The maximum absolute atomic E-state index is 11.2. The highest BCUT2D eigenvalue weighted by Gasteiger charge is 2.45. The minimum atomic E-state index is -0.712. The molecule has 4 nitrogen and oxygen atoms in total. The van der Waals surface area contributed by atoms with Crippen LogP contribution < -0.4 is 0 Å². The zero-order valence-electron chi connectivity index (χ0n) is 9.72. The van der Waals surface area contributed by atoms with Crippen LogP contribution in [-0.2, 0) is 14.3 Å². The summed E-state index contributed by atoms with van der Waals surface area (Å²) in [4.78, 5) is 11.2. The van der Waals surface area contributed by atoms with Gasteiger partial charge in [0.05, 0.1) is 24.7 Å². The van der Waals surface area contributed by atoms with Gasteiger partial charge in [0.2, 0.25) is 0 Å². The number of ether oxygens (including phenoxy) is 2. The maximum atomic E-state index is 11.2. The number of hydrogen-bond donors (Lipinski definition) is 1. The lowest BCUT2D eigenvalue weighted by molar-refractivity contribution is -0.145. The zero-order chi connectivity index (χ0) is 11.5. The largest absolute Gasteiger partial charge is 0.481 e. The Kier molecular flexibility index (Phi) is 3.82. The molecule has 0 bridgehead atoms. The van der Waals surface area contributed by atoms with Crippen molar-refractivity contribution >= 4 is 5.97 Å². The molecule has 1 saturated carbocycles. The summed E-state index contributed by atoms with van der Waals surface area (Å²) < 4.78 is 11.1. The highest BCUT2D eigenvalue weighted by Crippen LogP contribution is 2.40. The quantitative estimate of drug-likeness (QED) is 0.778. The van der Waals surface area contributed by atoms with Gasteiger partial charge in [-0.05, 0) is 32.1 Å². The molecule has 3 atom stereocenters. The SMILES string of the molecule is CCOCC1CC(C(=O)O)C(C2CCC2)O1. The van der Waals surface area contributed by atoms with Crippen LogP contribution in [0.3, 0.4) is 0 Å². The topological polar surface area (TPSA) is 55.8 Å². The van der Waals surface area contributed by atoms with Crippen molar-refractivity contribution in [2.75, 3.05) is 13.2 Å². The Hall–Kier alpha value is -0.610. The van der Waals surface area contributed by atoms with E-state index in [0.717, 1.165) is 12.8 Å². The summed E-state index contributed by atoms with van der Waals surface area (Å²) in [5, 5.41) is 9.17. The first kappa shape index (κ1) is 11.9. The predicted molar refractivity (Wildman–Crippen MR) is 58.2 cm³/mol. The van der Waals surface area contributed by atoms with Gasteiger partial charge in [-0.15, -0.1) is 0 Å². The molecule has 2 aliphatic rings. The second-order valence-electron chi connectivity index (χ2n) is 4.75. The Bertz CT molecular complexity index is 249. The van der Waals surface area contributed by atoms with Crippen molar-refractivity contribution in [1.29, 1.82) is 0 Å². The van der Waals surface area contributed by atoms with Crippen LogP contribution >= 0.6 is 0 Å². The van der Waals surface area contributed by atoms with E-state index in [1.54, 1.807) is 0 Å². The van der Waals surface area contributed by atoms with Crippen molar-refractivity contribution < 1.29 is 19.4 Å². The fourth-order valence-corrected chi connectivity index (χ4v) is 2.60. The molecule has 16 heavy (non-hydrogen) atoms. The van der Waals surface area contributed by atoms with Crippen molar-refractivity contribution in [3.63, 3.8) is 0 Å². The van der Waals surface area contributed by atoms with Crippen LogP contribution in [0, 0.1) is 11.8 Å². The molecule has 0 aromatic heterocycles. The molecule has 1 aliphatic carbocycles. The lowest BCUT2D eigenvalue weighted by atomic mass is 9.76. The number of carbonyl (C=O) groups is 1. The van der Waals surface area contributed by atoms with E-state index in [9.17, 15) is 9.90 Å². The normalized spacial score (nSPS) is 34.9. The first-order chi connectivity index (χ1) is 7.72. The van der Waals surface area contributed by atoms with Crippen molar-refractivity contribution in [3.8, 4) is 0 Å². The minimum Gasteiger partial charge on any atom is -0.481 e. The fourth-order valence-electron chi connectivity index (χ4n) is 2.60. The third-order valence-electron chi connectivity index (χ3n) is 3.70. The van der Waals surface area contributed by atoms with Gasteiger partial charge in [0.25, 0.3) is 0 Å². The van der Waals surface area contributed by atoms with Crippen LogP contribution in [0.1, 0.15) is 32.6 Å². The second-order valence-corrected chi connectivity index (χ2v) is 4.75. The molecule has 92 valence electrons. The Balaban J connectivity index is 1.91. The molecular formula is C12H20O4. The molecule has 1 N–H and O–H groups in total. The van der Waals surface area contributed by atoms with Gasteiger partial charge in [-0.1, -0.05) is 6.42 Å². The third-order valence-corrected chi connectivity index (χ3v) is 3.70. The molecular weight excluding hydrogens is 208 g/mol. The van der Waals surface area contributed by atoms with E-state index in [4.69, 9.17) is 9.47 Å². The summed E-state index contributed by atoms with van der Waals surface area (Å²) in [5.74, 6) is -0.570. The van der Waals surface area contributed by atoms with Gasteiger partial charge in [-0.25, -0.2) is 0 Å². The molecule has 0 aromatic rings. The highest BCUT2D eigenvalue weighted by molar-refractivity contribution is 5.71. The van der Waals surface area contributed by atoms with E-state index in [0.29, 0.717) is 25.6 Å². The average Bonchev–Trinajstić information content (AvgIpc) is 2.56. The van der Waals surface area contributed by atoms with Gasteiger partial charge in [0, 0.05) is 6.61 Å². The van der Waals surface area contributed by atoms with Crippen LogP contribution in [0.5, 0.6) is 0 Å². The van der Waals surface area contributed by atoms with Crippen LogP contribution in [0.25, 0.3) is 0 Å². The average molecular weight is 228 g/mol. The molecule has 4 heteroatoms. The van der Waals surface area contributed by atoms with E-state index < -0.39 is 5.97 Å². The summed E-state index contributed by atoms with van der Waals surface area (Å²) in [6.45, 7) is 3.13. The molecule has 1 saturated heterocycles. The van der Waals surface area contributed by atoms with Crippen molar-refractivity contribution in [3.05, 3.63) is 0 Å². The van der Waals surface area contributed by atoms with Gasteiger partial charge in [0.1, 0.15) is 0 Å². The monoisotopic (exact) mass is 228 g/mol. The van der Waals surface area contributed by atoms with E-state index in [1.165, 1.54) is 6.42 Å². The Morgan fingerprint density at radius 3 is 2.75 bits per heavy atom. The van der Waals surface area contributed by atoms with E-state index in [-0.39, 0.29) is 18.1 Å². The van der Waals surface area contributed by atoms with Crippen LogP contribution in [0.4, 0.5) is 0 Å². The number of carboxylic acids is 1. The Morgan fingerprint density at radius 1 is 1.50 bits per heavy atom. The molecule has 0 amide bonds. The number of rotatable bonds is 5. The van der Waals surface area contributed by atoms with Gasteiger partial charge < -0.3 is 14.6 Å². The maximum Gasteiger partial charge on any atom is 0.309 e.